The van der Waals surface area contributed by atoms with Gasteiger partial charge in [0.1, 0.15) is 11.0 Å². The normalized spacial score (nSPS) is 14.3. The molecule has 244 valence electrons. The van der Waals surface area contributed by atoms with Crippen LogP contribution >= 0.6 is 0 Å². The van der Waals surface area contributed by atoms with Crippen molar-refractivity contribution in [1.82, 2.24) is 29.2 Å². The van der Waals surface area contributed by atoms with Crippen molar-refractivity contribution in [3.63, 3.8) is 0 Å². The number of nitrogens with zero attached hydrogens (tertiary/aromatic N) is 7. The maximum Gasteiger partial charge on any atom is 0.333 e. The van der Waals surface area contributed by atoms with Gasteiger partial charge in [-0.25, -0.2) is 24.1 Å². The largest absolute Gasteiger partial charge is 0.481 e. The molecule has 15 heteroatoms. The number of allylic oxidation sites excluding steroid dienone is 1. The second-order valence-corrected chi connectivity index (χ2v) is 11.3. The first kappa shape index (κ1) is 33.8. The summed E-state index contributed by atoms with van der Waals surface area (Å²) in [6.45, 7) is 11.5. The summed E-state index contributed by atoms with van der Waals surface area (Å²) in [5.74, 6) is -2.01. The Hall–Kier alpha value is -5.12. The highest BCUT2D eigenvalue weighted by Gasteiger charge is 2.22. The number of carbonyl (C=O) groups is 2. The molecule has 5 N–H and O–H groups in total. The first-order valence-corrected chi connectivity index (χ1v) is 14.5. The molecule has 0 amide bonds. The number of nitrogens with one attached hydrogen (secondary N) is 1. The van der Waals surface area contributed by atoms with Gasteiger partial charge in [0.15, 0.2) is 17.6 Å². The Balaban J connectivity index is 0.000000468. The van der Waals surface area contributed by atoms with E-state index in [-0.39, 0.29) is 12.1 Å². The predicted octanol–water partition coefficient (Wildman–Crippen LogP) is 1.79. The highest BCUT2D eigenvalue weighted by atomic mass is 16.4. The molecule has 4 aromatic rings. The summed E-state index contributed by atoms with van der Waals surface area (Å²) in [5, 5.41) is 38.2. The van der Waals surface area contributed by atoms with E-state index in [0.29, 0.717) is 28.5 Å². The number of aliphatic hydroxyl groups excluding tert-OH is 1. The van der Waals surface area contributed by atoms with Gasteiger partial charge < -0.3 is 35.5 Å². The van der Waals surface area contributed by atoms with Crippen molar-refractivity contribution < 1.29 is 30.0 Å². The van der Waals surface area contributed by atoms with Gasteiger partial charge in [-0.1, -0.05) is 12.1 Å². The summed E-state index contributed by atoms with van der Waals surface area (Å²) in [7, 11) is 2.15. The third kappa shape index (κ3) is 8.12. The molecule has 1 fully saturated rings. The molecule has 5 rings (SSSR count). The second kappa shape index (κ2) is 14.3. The van der Waals surface area contributed by atoms with Crippen LogP contribution in [0.15, 0.2) is 66.1 Å². The van der Waals surface area contributed by atoms with Crippen molar-refractivity contribution in [2.75, 3.05) is 43.4 Å². The van der Waals surface area contributed by atoms with Gasteiger partial charge in [0.25, 0.3) is 5.56 Å². The first-order chi connectivity index (χ1) is 21.8. The molecule has 46 heavy (non-hydrogen) atoms. The molecule has 1 atom stereocenters. The lowest BCUT2D eigenvalue weighted by molar-refractivity contribution is -0.152. The number of carboxylic acids is 2. The van der Waals surface area contributed by atoms with Crippen LogP contribution in [0.3, 0.4) is 0 Å². The average Bonchev–Trinajstić information content (AvgIpc) is 3.28. The summed E-state index contributed by atoms with van der Waals surface area (Å²) >= 11 is 0. The molecule has 3 aromatic heterocycles. The first-order valence-electron chi connectivity index (χ1n) is 14.5. The summed E-state index contributed by atoms with van der Waals surface area (Å²) in [4.78, 5) is 51.0. The Labute approximate surface area is 264 Å². The van der Waals surface area contributed by atoms with E-state index < -0.39 is 30.1 Å². The molecule has 0 spiro atoms. The molecule has 4 heterocycles. The maximum absolute atomic E-state index is 13.2. The minimum absolute atomic E-state index is 0.242. The van der Waals surface area contributed by atoms with Crippen molar-refractivity contribution in [2.45, 2.75) is 38.5 Å². The molecule has 1 saturated heterocycles. The number of rotatable bonds is 10. The third-order valence-electron chi connectivity index (χ3n) is 7.20. The van der Waals surface area contributed by atoms with E-state index in [4.69, 9.17) is 20.3 Å². The molecule has 0 radical (unpaired) electrons. The third-order valence-corrected chi connectivity index (χ3v) is 7.20. The van der Waals surface area contributed by atoms with Gasteiger partial charge in [-0.05, 0) is 57.3 Å². The number of aromatic nitrogens is 5. The van der Waals surface area contributed by atoms with E-state index in [1.807, 2.05) is 12.1 Å². The quantitative estimate of drug-likeness (QED) is 0.158. The highest BCUT2D eigenvalue weighted by molar-refractivity contribution is 5.79. The van der Waals surface area contributed by atoms with Gasteiger partial charge in [-0.2, -0.15) is 4.98 Å². The second-order valence-electron chi connectivity index (χ2n) is 11.3. The smallest absolute Gasteiger partial charge is 0.333 e. The highest BCUT2D eigenvalue weighted by Crippen LogP contribution is 2.23. The van der Waals surface area contributed by atoms with Gasteiger partial charge in [-0.15, -0.1) is 6.58 Å². The number of anilines is 3. The van der Waals surface area contributed by atoms with E-state index in [1.165, 1.54) is 16.6 Å². The molecule has 0 aliphatic carbocycles. The van der Waals surface area contributed by atoms with Crippen LogP contribution in [0.4, 0.5) is 17.3 Å². The number of fused-ring (bicyclic) bond motifs is 1. The number of carboxylic acid groups (broad SMARTS) is 2. The van der Waals surface area contributed by atoms with Crippen molar-refractivity contribution >= 4 is 40.3 Å². The van der Waals surface area contributed by atoms with E-state index >= 15 is 0 Å². The standard InChI is InChI=1S/C27H32N8O2.C4H6O5/c1-5-13-34-25(36)21-18-28-26(29-19-9-11-20(12-10-19)33-16-14-32(4)15-17-33)31-24(21)35(34)23-8-6-7-22(30-23)27(2,3)37;5-2(4(8)9)1-3(6)7/h5-12,18,37H,1,13-17H2,2-4H3,(H,28,29,31);2,5H,1H2,(H,6,7)(H,8,9). The summed E-state index contributed by atoms with van der Waals surface area (Å²) in [6.07, 6.45) is 0.629. The van der Waals surface area contributed by atoms with Crippen LogP contribution in [-0.2, 0) is 21.7 Å². The number of aliphatic carboxylic acids is 2. The zero-order chi connectivity index (χ0) is 33.6. The van der Waals surface area contributed by atoms with Crippen LogP contribution in [0.2, 0.25) is 0 Å². The number of aliphatic hydroxyl groups is 2. The molecule has 1 unspecified atom stereocenters. The van der Waals surface area contributed by atoms with Gasteiger partial charge in [0.05, 0.1) is 18.7 Å². The Morgan fingerprint density at radius 1 is 1.07 bits per heavy atom. The summed E-state index contributed by atoms with van der Waals surface area (Å²) in [5.41, 5.74) is 1.55. The molecular formula is C31H38N8O7. The molecule has 15 nitrogen and oxygen atoms in total. The van der Waals surface area contributed by atoms with Crippen molar-refractivity contribution in [2.24, 2.45) is 0 Å². The van der Waals surface area contributed by atoms with Gasteiger partial charge in [0.2, 0.25) is 5.95 Å². The van der Waals surface area contributed by atoms with Gasteiger partial charge in [-0.3, -0.25) is 9.59 Å². The van der Waals surface area contributed by atoms with E-state index in [2.05, 4.69) is 50.8 Å². The van der Waals surface area contributed by atoms with Crippen LogP contribution < -0.4 is 15.8 Å². The molecular weight excluding hydrogens is 596 g/mol. The topological polar surface area (TPSA) is 199 Å². The Morgan fingerprint density at radius 2 is 1.74 bits per heavy atom. The molecule has 0 bridgehead atoms. The lowest BCUT2D eigenvalue weighted by Gasteiger charge is -2.34. The van der Waals surface area contributed by atoms with Crippen LogP contribution in [0.5, 0.6) is 0 Å². The fraction of sp³-hybridized carbons (Fsp3) is 0.355. The number of piperazine rings is 1. The molecule has 1 aromatic carbocycles. The number of pyridine rings is 1. The zero-order valence-electron chi connectivity index (χ0n) is 25.9. The predicted molar refractivity (Wildman–Crippen MR) is 172 cm³/mol. The van der Waals surface area contributed by atoms with Gasteiger partial charge in [0, 0.05) is 43.8 Å². The summed E-state index contributed by atoms with van der Waals surface area (Å²) < 4.78 is 3.16. The fourth-order valence-electron chi connectivity index (χ4n) is 4.69. The number of benzene rings is 1. The Kier molecular flexibility index (Phi) is 10.5. The number of likely N-dealkylation sites (N-methyl/N-ethyl adjacent to an activating group) is 1. The maximum atomic E-state index is 13.2. The fourth-order valence-corrected chi connectivity index (χ4v) is 4.69. The minimum Gasteiger partial charge on any atom is -0.481 e. The van der Waals surface area contributed by atoms with E-state index in [9.17, 15) is 19.5 Å². The van der Waals surface area contributed by atoms with Crippen LogP contribution in [0.25, 0.3) is 16.9 Å². The van der Waals surface area contributed by atoms with E-state index in [0.717, 1.165) is 31.9 Å². The average molecular weight is 635 g/mol. The number of hydrogen-bond acceptors (Lipinski definition) is 11. The van der Waals surface area contributed by atoms with Gasteiger partial charge >= 0.3 is 11.9 Å². The SMILES string of the molecule is C=CCn1c(=O)c2cnc(Nc3ccc(N4CCN(C)CC4)cc3)nc2n1-c1cccc(C(C)(C)O)n1.O=C(O)CC(O)C(=O)O. The zero-order valence-corrected chi connectivity index (χ0v) is 25.9. The Bertz CT molecular complexity index is 1750. The van der Waals surface area contributed by atoms with Crippen LogP contribution in [0.1, 0.15) is 26.0 Å². The monoisotopic (exact) mass is 634 g/mol. The van der Waals surface area contributed by atoms with Crippen molar-refractivity contribution in [3.05, 3.63) is 77.4 Å². The van der Waals surface area contributed by atoms with Crippen molar-refractivity contribution in [1.29, 1.82) is 0 Å². The van der Waals surface area contributed by atoms with Crippen LogP contribution in [-0.4, -0.2) is 101 Å². The van der Waals surface area contributed by atoms with Crippen LogP contribution in [0, 0.1) is 0 Å². The molecule has 1 aliphatic heterocycles. The number of hydrogen-bond donors (Lipinski definition) is 5. The molecule has 0 saturated carbocycles. The summed E-state index contributed by atoms with van der Waals surface area (Å²) in [6, 6.07) is 13.5. The van der Waals surface area contributed by atoms with E-state index in [1.54, 1.807) is 42.8 Å². The molecule has 1 aliphatic rings. The Morgan fingerprint density at radius 3 is 2.30 bits per heavy atom. The minimum atomic E-state index is -1.79. The van der Waals surface area contributed by atoms with Crippen molar-refractivity contribution in [3.8, 4) is 5.82 Å². The lowest BCUT2D eigenvalue weighted by atomic mass is 10.1. The lowest BCUT2D eigenvalue weighted by Crippen LogP contribution is -2.44.